The Kier molecular flexibility index (Phi) is 4.00. The quantitative estimate of drug-likeness (QED) is 0.641. The fourth-order valence-corrected chi connectivity index (χ4v) is 2.69. The Morgan fingerprint density at radius 2 is 2.00 bits per heavy atom. The summed E-state index contributed by atoms with van der Waals surface area (Å²) in [5, 5.41) is 8.71. The van der Waals surface area contributed by atoms with E-state index in [1.165, 1.54) is 19.1 Å². The number of Topliss-reactive ketones (excluding diaryl/α,β-unsaturated/α-hetero) is 1. The first kappa shape index (κ1) is 15.6. The van der Waals surface area contributed by atoms with E-state index in [0.717, 1.165) is 0 Å². The second-order valence-corrected chi connectivity index (χ2v) is 5.56. The summed E-state index contributed by atoms with van der Waals surface area (Å²) in [6, 6.07) is 0. The molecular weight excluding hydrogens is 281 g/mol. The van der Waals surface area contributed by atoms with Gasteiger partial charge in [-0.3, -0.25) is 9.59 Å². The smallest absolute Gasteiger partial charge is 0.455 e. The number of rotatable bonds is 3. The summed E-state index contributed by atoms with van der Waals surface area (Å²) in [5.41, 5.74) is -0.636. The molecule has 0 aromatic carbocycles. The van der Waals surface area contributed by atoms with Crippen LogP contribution in [0.4, 0.5) is 13.2 Å². The van der Waals surface area contributed by atoms with Gasteiger partial charge in [-0.25, -0.2) is 0 Å². The van der Waals surface area contributed by atoms with Crippen molar-refractivity contribution >= 4 is 22.7 Å². The maximum Gasteiger partial charge on any atom is 0.455 e. The van der Waals surface area contributed by atoms with E-state index in [9.17, 15) is 27.9 Å². The van der Waals surface area contributed by atoms with E-state index in [2.05, 4.69) is 6.58 Å². The highest BCUT2D eigenvalue weighted by Gasteiger charge is 2.52. The molecule has 0 amide bonds. The number of hydrogen-bond acceptors (Lipinski definition) is 4. The first-order chi connectivity index (χ1) is 8.53. The zero-order chi connectivity index (χ0) is 15.0. The van der Waals surface area contributed by atoms with Crippen LogP contribution in [0, 0.1) is 0 Å². The van der Waals surface area contributed by atoms with Crippen molar-refractivity contribution in [3.05, 3.63) is 35.6 Å². The van der Waals surface area contributed by atoms with Crippen LogP contribution in [0.25, 0.3) is 0 Å². The average Bonchev–Trinajstić information content (AvgIpc) is 2.47. The number of halogens is 3. The summed E-state index contributed by atoms with van der Waals surface area (Å²) in [5.74, 6) is -3.19. The molecule has 1 aliphatic heterocycles. The van der Waals surface area contributed by atoms with Crippen molar-refractivity contribution in [2.75, 3.05) is 0 Å². The lowest BCUT2D eigenvalue weighted by atomic mass is 9.99. The first-order valence-electron chi connectivity index (χ1n) is 5.13. The van der Waals surface area contributed by atoms with Gasteiger partial charge in [0.2, 0.25) is 5.12 Å². The van der Waals surface area contributed by atoms with E-state index >= 15 is 0 Å². The third-order valence-corrected chi connectivity index (χ3v) is 3.65. The largest absolute Gasteiger partial charge is 0.510 e. The second kappa shape index (κ2) is 4.88. The highest BCUT2D eigenvalue weighted by atomic mass is 32.2. The lowest BCUT2D eigenvalue weighted by molar-refractivity contribution is -0.167. The number of carbonyl (C=O) groups is 2. The van der Waals surface area contributed by atoms with Gasteiger partial charge in [-0.1, -0.05) is 36.1 Å². The molecule has 0 spiro atoms. The van der Waals surface area contributed by atoms with Gasteiger partial charge >= 0.3 is 6.18 Å². The van der Waals surface area contributed by atoms with Gasteiger partial charge in [0.05, 0.1) is 4.75 Å². The Bertz CT molecular complexity index is 517. The van der Waals surface area contributed by atoms with Crippen LogP contribution in [-0.4, -0.2) is 26.9 Å². The number of alkyl halides is 3. The molecule has 0 radical (unpaired) electrons. The molecule has 0 saturated heterocycles. The zero-order valence-corrected chi connectivity index (χ0v) is 11.0. The molecule has 0 unspecified atom stereocenters. The molecule has 0 fully saturated rings. The molecule has 104 valence electrons. The fourth-order valence-electron chi connectivity index (χ4n) is 1.57. The highest BCUT2D eigenvalue weighted by molar-refractivity contribution is 8.16. The average molecular weight is 292 g/mol. The predicted octanol–water partition coefficient (Wildman–Crippen LogP) is 3.09. The Hall–Kier alpha value is -1.50. The van der Waals surface area contributed by atoms with E-state index in [1.807, 2.05) is 0 Å². The molecule has 0 aromatic heterocycles. The molecular formula is C12H11F3O3S. The number of aliphatic hydroxyl groups is 1. The summed E-state index contributed by atoms with van der Waals surface area (Å²) in [6.45, 7) is 6.43. The molecule has 19 heavy (non-hydrogen) atoms. The van der Waals surface area contributed by atoms with Crippen molar-refractivity contribution in [3.63, 3.8) is 0 Å². The maximum atomic E-state index is 12.3. The van der Waals surface area contributed by atoms with Crippen molar-refractivity contribution in [2.45, 2.75) is 24.8 Å². The monoisotopic (exact) mass is 292 g/mol. The van der Waals surface area contributed by atoms with Crippen LogP contribution in [-0.2, 0) is 9.59 Å². The number of ketones is 1. The standard InChI is InChI=1S/C12H11F3O3S/c1-4-6(2)5-11(3)8(16)7(10(18)19-11)9(17)12(13,14)15/h4-5,16H,1H2,2-3H3/b6-5+/t11-/m1/s1. The molecule has 0 saturated carbocycles. The number of carbonyl (C=O) groups excluding carboxylic acids is 2. The number of hydrogen-bond donors (Lipinski definition) is 1. The summed E-state index contributed by atoms with van der Waals surface area (Å²) < 4.78 is 35.6. The number of thioether (sulfide) groups is 1. The predicted molar refractivity (Wildman–Crippen MR) is 65.7 cm³/mol. The summed E-state index contributed by atoms with van der Waals surface area (Å²) >= 11 is 0.464. The summed E-state index contributed by atoms with van der Waals surface area (Å²) in [4.78, 5) is 22.6. The van der Waals surface area contributed by atoms with Crippen LogP contribution >= 0.6 is 11.8 Å². The van der Waals surface area contributed by atoms with Gasteiger partial charge in [-0.2, -0.15) is 13.2 Å². The van der Waals surface area contributed by atoms with Gasteiger partial charge in [-0.15, -0.1) is 0 Å². The van der Waals surface area contributed by atoms with Gasteiger partial charge in [0.15, 0.2) is 0 Å². The number of allylic oxidation sites excluding steroid dienone is 2. The minimum atomic E-state index is -5.19. The van der Waals surface area contributed by atoms with Crippen LogP contribution in [0.5, 0.6) is 0 Å². The Labute approximate surface area is 111 Å². The minimum Gasteiger partial charge on any atom is -0.510 e. The Morgan fingerprint density at radius 1 is 1.47 bits per heavy atom. The molecule has 1 N–H and O–H groups in total. The van der Waals surface area contributed by atoms with Gasteiger partial charge < -0.3 is 5.11 Å². The SMILES string of the molecule is C=C/C(C)=C/[C@@]1(C)SC(=O)C(C(=O)C(F)(F)F)=C1O. The minimum absolute atomic E-state index is 0.464. The molecule has 1 rings (SSSR count). The first-order valence-corrected chi connectivity index (χ1v) is 5.95. The van der Waals surface area contributed by atoms with Crippen LogP contribution in [0.1, 0.15) is 13.8 Å². The maximum absolute atomic E-state index is 12.3. The normalized spacial score (nSPS) is 24.9. The van der Waals surface area contributed by atoms with E-state index in [1.54, 1.807) is 6.92 Å². The zero-order valence-electron chi connectivity index (χ0n) is 10.2. The van der Waals surface area contributed by atoms with Crippen LogP contribution < -0.4 is 0 Å². The molecule has 7 heteroatoms. The molecule has 1 atom stereocenters. The molecule has 1 heterocycles. The van der Waals surface area contributed by atoms with Crippen molar-refractivity contribution in [1.82, 2.24) is 0 Å². The Balaban J connectivity index is 3.33. The van der Waals surface area contributed by atoms with Gasteiger partial charge in [-0.05, 0) is 13.8 Å². The second-order valence-electron chi connectivity index (χ2n) is 4.14. The fraction of sp³-hybridized carbons (Fsp3) is 0.333. The van der Waals surface area contributed by atoms with E-state index < -0.39 is 33.2 Å². The third-order valence-electron chi connectivity index (χ3n) is 2.53. The van der Waals surface area contributed by atoms with Gasteiger partial charge in [0, 0.05) is 0 Å². The lowest BCUT2D eigenvalue weighted by Crippen LogP contribution is -2.27. The van der Waals surface area contributed by atoms with Crippen LogP contribution in [0.2, 0.25) is 0 Å². The highest BCUT2D eigenvalue weighted by Crippen LogP contribution is 2.45. The van der Waals surface area contributed by atoms with Crippen molar-refractivity contribution in [3.8, 4) is 0 Å². The van der Waals surface area contributed by atoms with E-state index in [-0.39, 0.29) is 0 Å². The molecule has 0 aliphatic carbocycles. The van der Waals surface area contributed by atoms with Crippen LogP contribution in [0.3, 0.4) is 0 Å². The molecule has 0 bridgehead atoms. The molecule has 1 aliphatic rings. The summed E-state index contributed by atoms with van der Waals surface area (Å²) in [7, 11) is 0. The third kappa shape index (κ3) is 2.91. The summed E-state index contributed by atoms with van der Waals surface area (Å²) in [6.07, 6.45) is -2.39. The van der Waals surface area contributed by atoms with E-state index in [0.29, 0.717) is 17.3 Å². The topological polar surface area (TPSA) is 54.4 Å². The Morgan fingerprint density at radius 3 is 2.42 bits per heavy atom. The number of aliphatic hydroxyl groups excluding tert-OH is 1. The van der Waals surface area contributed by atoms with E-state index in [4.69, 9.17) is 0 Å². The van der Waals surface area contributed by atoms with Gasteiger partial charge in [0.25, 0.3) is 5.78 Å². The lowest BCUT2D eigenvalue weighted by Gasteiger charge is -2.18. The molecule has 3 nitrogen and oxygen atoms in total. The van der Waals surface area contributed by atoms with Crippen molar-refractivity contribution in [1.29, 1.82) is 0 Å². The van der Waals surface area contributed by atoms with Gasteiger partial charge in [0.1, 0.15) is 11.3 Å². The van der Waals surface area contributed by atoms with Crippen molar-refractivity contribution in [2.24, 2.45) is 0 Å². The molecule has 0 aromatic rings. The van der Waals surface area contributed by atoms with Crippen LogP contribution in [0.15, 0.2) is 35.6 Å². The van der Waals surface area contributed by atoms with Crippen molar-refractivity contribution < 1.29 is 27.9 Å².